The molecule has 3 nitrogen and oxygen atoms in total. The lowest BCUT2D eigenvalue weighted by Gasteiger charge is -2.33. The van der Waals surface area contributed by atoms with Crippen LogP contribution in [0.2, 0.25) is 0 Å². The van der Waals surface area contributed by atoms with Crippen molar-refractivity contribution in [3.63, 3.8) is 0 Å². The maximum Gasteiger partial charge on any atom is 0.317 e. The zero-order chi connectivity index (χ0) is 15.5. The number of amides is 2. The molecule has 1 atom stereocenters. The standard InChI is InChI=1S/C18H28N2O/c1-14-7-9-16(10-8-14)18(3,4)13-19-17(21)20-11-5-6-15(2)12-20/h7-10,15H,5-6,11-13H2,1-4H3,(H,19,21). The van der Waals surface area contributed by atoms with Gasteiger partial charge in [0.05, 0.1) is 0 Å². The van der Waals surface area contributed by atoms with Crippen molar-refractivity contribution >= 4 is 6.03 Å². The molecule has 2 amide bonds. The van der Waals surface area contributed by atoms with Crippen LogP contribution in [0.25, 0.3) is 0 Å². The molecular weight excluding hydrogens is 260 g/mol. The van der Waals surface area contributed by atoms with Crippen molar-refractivity contribution in [2.24, 2.45) is 5.92 Å². The van der Waals surface area contributed by atoms with Gasteiger partial charge in [-0.15, -0.1) is 0 Å². The van der Waals surface area contributed by atoms with Crippen LogP contribution in [0.15, 0.2) is 24.3 Å². The number of nitrogens with zero attached hydrogens (tertiary/aromatic N) is 1. The molecule has 1 N–H and O–H groups in total. The molecule has 1 aromatic carbocycles. The summed E-state index contributed by atoms with van der Waals surface area (Å²) in [5.41, 5.74) is 2.48. The number of nitrogens with one attached hydrogen (secondary N) is 1. The van der Waals surface area contributed by atoms with E-state index in [0.29, 0.717) is 12.5 Å². The molecule has 0 bridgehead atoms. The van der Waals surface area contributed by atoms with E-state index in [1.54, 1.807) is 0 Å². The number of hydrogen-bond donors (Lipinski definition) is 1. The van der Waals surface area contributed by atoms with E-state index < -0.39 is 0 Å². The molecule has 1 aromatic rings. The first-order valence-corrected chi connectivity index (χ1v) is 7.98. The summed E-state index contributed by atoms with van der Waals surface area (Å²) in [6, 6.07) is 8.66. The van der Waals surface area contributed by atoms with Crippen molar-refractivity contribution in [3.8, 4) is 0 Å². The fraction of sp³-hybridized carbons (Fsp3) is 0.611. The third kappa shape index (κ3) is 4.23. The highest BCUT2D eigenvalue weighted by Crippen LogP contribution is 2.23. The predicted octanol–water partition coefficient (Wildman–Crippen LogP) is 3.71. The number of carbonyl (C=O) groups is 1. The lowest BCUT2D eigenvalue weighted by molar-refractivity contribution is 0.168. The fourth-order valence-electron chi connectivity index (χ4n) is 2.89. The van der Waals surface area contributed by atoms with Gasteiger partial charge in [-0.3, -0.25) is 0 Å². The van der Waals surface area contributed by atoms with E-state index in [2.05, 4.69) is 57.3 Å². The van der Waals surface area contributed by atoms with Crippen molar-refractivity contribution in [2.45, 2.75) is 46.0 Å². The topological polar surface area (TPSA) is 32.3 Å². The summed E-state index contributed by atoms with van der Waals surface area (Å²) in [6.45, 7) is 11.1. The van der Waals surface area contributed by atoms with E-state index in [9.17, 15) is 4.79 Å². The fourth-order valence-corrected chi connectivity index (χ4v) is 2.89. The van der Waals surface area contributed by atoms with E-state index in [4.69, 9.17) is 0 Å². The van der Waals surface area contributed by atoms with E-state index in [-0.39, 0.29) is 11.4 Å². The summed E-state index contributed by atoms with van der Waals surface area (Å²) in [5.74, 6) is 0.620. The minimum atomic E-state index is -0.0508. The lowest BCUT2D eigenvalue weighted by atomic mass is 9.84. The third-order valence-corrected chi connectivity index (χ3v) is 4.46. The zero-order valence-corrected chi connectivity index (χ0v) is 13.8. The van der Waals surface area contributed by atoms with Crippen LogP contribution < -0.4 is 5.32 Å². The van der Waals surface area contributed by atoms with Crippen molar-refractivity contribution in [1.82, 2.24) is 10.2 Å². The molecule has 0 radical (unpaired) electrons. The first-order chi connectivity index (χ1) is 9.88. The number of rotatable bonds is 3. The van der Waals surface area contributed by atoms with Crippen LogP contribution in [0.3, 0.4) is 0 Å². The van der Waals surface area contributed by atoms with Gasteiger partial charge in [0, 0.05) is 25.0 Å². The number of urea groups is 1. The van der Waals surface area contributed by atoms with Gasteiger partial charge in [-0.25, -0.2) is 4.79 Å². The monoisotopic (exact) mass is 288 g/mol. The first kappa shape index (κ1) is 15.9. The lowest BCUT2D eigenvalue weighted by Crippen LogP contribution is -2.48. The molecule has 0 saturated carbocycles. The highest BCUT2D eigenvalue weighted by atomic mass is 16.2. The Hall–Kier alpha value is -1.51. The summed E-state index contributed by atoms with van der Waals surface area (Å²) in [4.78, 5) is 14.2. The Morgan fingerprint density at radius 3 is 2.62 bits per heavy atom. The van der Waals surface area contributed by atoms with E-state index in [1.165, 1.54) is 17.5 Å². The zero-order valence-electron chi connectivity index (χ0n) is 13.8. The number of piperidine rings is 1. The highest BCUT2D eigenvalue weighted by molar-refractivity contribution is 5.74. The number of aryl methyl sites for hydroxylation is 1. The summed E-state index contributed by atoms with van der Waals surface area (Å²) in [5, 5.41) is 3.11. The molecule has 1 heterocycles. The van der Waals surface area contributed by atoms with Gasteiger partial charge < -0.3 is 10.2 Å². The Morgan fingerprint density at radius 1 is 1.33 bits per heavy atom. The Labute approximate surface area is 128 Å². The van der Waals surface area contributed by atoms with Crippen molar-refractivity contribution in [2.75, 3.05) is 19.6 Å². The second-order valence-electron chi connectivity index (χ2n) is 7.10. The van der Waals surface area contributed by atoms with Crippen molar-refractivity contribution in [3.05, 3.63) is 35.4 Å². The molecule has 3 heteroatoms. The number of hydrogen-bond acceptors (Lipinski definition) is 1. The van der Waals surface area contributed by atoms with Gasteiger partial charge in [0.1, 0.15) is 0 Å². The summed E-state index contributed by atoms with van der Waals surface area (Å²) in [6.07, 6.45) is 2.36. The molecule has 116 valence electrons. The predicted molar refractivity (Wildman–Crippen MR) is 87.6 cm³/mol. The van der Waals surface area contributed by atoms with E-state index >= 15 is 0 Å². The van der Waals surface area contributed by atoms with E-state index in [0.717, 1.165) is 19.5 Å². The summed E-state index contributed by atoms with van der Waals surface area (Å²) in [7, 11) is 0. The van der Waals surface area contributed by atoms with Crippen molar-refractivity contribution < 1.29 is 4.79 Å². The Bertz CT molecular complexity index is 478. The second-order valence-corrected chi connectivity index (χ2v) is 7.10. The molecule has 0 spiro atoms. The molecule has 1 unspecified atom stereocenters. The van der Waals surface area contributed by atoms with Crippen LogP contribution >= 0.6 is 0 Å². The quantitative estimate of drug-likeness (QED) is 0.903. The molecule has 1 fully saturated rings. The van der Waals surface area contributed by atoms with Gasteiger partial charge in [-0.2, -0.15) is 0 Å². The maximum absolute atomic E-state index is 12.3. The van der Waals surface area contributed by atoms with Gasteiger partial charge in [-0.1, -0.05) is 50.6 Å². The minimum Gasteiger partial charge on any atom is -0.337 e. The number of benzene rings is 1. The normalized spacial score (nSPS) is 19.4. The summed E-state index contributed by atoms with van der Waals surface area (Å²) < 4.78 is 0. The minimum absolute atomic E-state index is 0.0508. The molecular formula is C18H28N2O. The van der Waals surface area contributed by atoms with Gasteiger partial charge >= 0.3 is 6.03 Å². The molecule has 2 rings (SSSR count). The van der Waals surface area contributed by atoms with Crippen LogP contribution in [0.5, 0.6) is 0 Å². The van der Waals surface area contributed by atoms with Gasteiger partial charge in [-0.05, 0) is 31.2 Å². The third-order valence-electron chi connectivity index (χ3n) is 4.46. The molecule has 1 aliphatic rings. The Kier molecular flexibility index (Phi) is 4.92. The van der Waals surface area contributed by atoms with Crippen LogP contribution in [0.4, 0.5) is 4.79 Å². The molecule has 21 heavy (non-hydrogen) atoms. The number of likely N-dealkylation sites (tertiary alicyclic amines) is 1. The SMILES string of the molecule is Cc1ccc(C(C)(C)CNC(=O)N2CCCC(C)C2)cc1. The smallest absolute Gasteiger partial charge is 0.317 e. The van der Waals surface area contributed by atoms with Gasteiger partial charge in [0.2, 0.25) is 0 Å². The van der Waals surface area contributed by atoms with Crippen molar-refractivity contribution in [1.29, 1.82) is 0 Å². The Balaban J connectivity index is 1.91. The van der Waals surface area contributed by atoms with Crippen LogP contribution in [0.1, 0.15) is 44.7 Å². The molecule has 1 aliphatic heterocycles. The average Bonchev–Trinajstić information content (AvgIpc) is 2.45. The van der Waals surface area contributed by atoms with Crippen LogP contribution in [-0.4, -0.2) is 30.6 Å². The van der Waals surface area contributed by atoms with Crippen LogP contribution in [-0.2, 0) is 5.41 Å². The highest BCUT2D eigenvalue weighted by Gasteiger charge is 2.25. The average molecular weight is 288 g/mol. The Morgan fingerprint density at radius 2 is 2.00 bits per heavy atom. The van der Waals surface area contributed by atoms with Gasteiger partial charge in [0.25, 0.3) is 0 Å². The maximum atomic E-state index is 12.3. The second kappa shape index (κ2) is 6.50. The van der Waals surface area contributed by atoms with E-state index in [1.807, 2.05) is 4.90 Å². The summed E-state index contributed by atoms with van der Waals surface area (Å²) >= 11 is 0. The molecule has 0 aliphatic carbocycles. The van der Waals surface area contributed by atoms with Crippen LogP contribution in [0, 0.1) is 12.8 Å². The van der Waals surface area contributed by atoms with Gasteiger partial charge in [0.15, 0.2) is 0 Å². The molecule has 0 aromatic heterocycles. The largest absolute Gasteiger partial charge is 0.337 e. The first-order valence-electron chi connectivity index (χ1n) is 7.98. The number of carbonyl (C=O) groups excluding carboxylic acids is 1. The molecule has 1 saturated heterocycles.